The van der Waals surface area contributed by atoms with Gasteiger partial charge >= 0.3 is 0 Å². The molecule has 0 radical (unpaired) electrons. The van der Waals surface area contributed by atoms with Crippen LogP contribution in [-0.4, -0.2) is 23.0 Å². The highest BCUT2D eigenvalue weighted by molar-refractivity contribution is 5.82. The fourth-order valence-electron chi connectivity index (χ4n) is 3.05. The number of aromatic nitrogens is 2. The van der Waals surface area contributed by atoms with Gasteiger partial charge in [-0.2, -0.15) is 4.98 Å². The summed E-state index contributed by atoms with van der Waals surface area (Å²) >= 11 is 0. The van der Waals surface area contributed by atoms with E-state index in [0.717, 1.165) is 25.7 Å². The first-order chi connectivity index (χ1) is 9.83. The minimum absolute atomic E-state index is 0.0592. The Labute approximate surface area is 126 Å². The molecule has 1 heterocycles. The summed E-state index contributed by atoms with van der Waals surface area (Å²) in [5.41, 5.74) is -0.133. The number of methoxy groups -OCH3 is 1. The number of Topliss-reactive ketones (excluding diaryl/α,β-unsaturated/α-hetero) is 1. The van der Waals surface area contributed by atoms with E-state index in [1.165, 1.54) is 0 Å². The smallest absolute Gasteiger partial charge is 0.237 e. The maximum Gasteiger partial charge on any atom is 0.237 e. The Morgan fingerprint density at radius 3 is 2.43 bits per heavy atom. The lowest BCUT2D eigenvalue weighted by molar-refractivity contribution is -0.119. The van der Waals surface area contributed by atoms with Gasteiger partial charge in [-0.3, -0.25) is 4.79 Å². The van der Waals surface area contributed by atoms with Crippen molar-refractivity contribution < 1.29 is 14.1 Å². The maximum atomic E-state index is 11.6. The number of hydrogen-bond donors (Lipinski definition) is 0. The molecule has 1 aromatic heterocycles. The van der Waals surface area contributed by atoms with Crippen LogP contribution in [0.15, 0.2) is 4.52 Å². The highest BCUT2D eigenvalue weighted by Crippen LogP contribution is 2.46. The molecule has 2 rings (SSSR count). The number of ketones is 1. The van der Waals surface area contributed by atoms with E-state index in [1.807, 2.05) is 6.92 Å². The first kappa shape index (κ1) is 16.1. The number of ether oxygens (including phenoxy) is 1. The highest BCUT2D eigenvalue weighted by Gasteiger charge is 2.43. The van der Waals surface area contributed by atoms with Crippen LogP contribution in [0, 0.1) is 5.41 Å². The van der Waals surface area contributed by atoms with Crippen molar-refractivity contribution in [1.29, 1.82) is 0 Å². The van der Waals surface area contributed by atoms with Gasteiger partial charge in [0, 0.05) is 7.11 Å². The van der Waals surface area contributed by atoms with Crippen molar-refractivity contribution >= 4 is 5.78 Å². The fourth-order valence-corrected chi connectivity index (χ4v) is 3.05. The molecule has 1 atom stereocenters. The summed E-state index contributed by atoms with van der Waals surface area (Å²) in [6, 6.07) is 0. The summed E-state index contributed by atoms with van der Waals surface area (Å²) in [4.78, 5) is 16.1. The molecular weight excluding hydrogens is 268 g/mol. The molecule has 0 saturated heterocycles. The Kier molecular flexibility index (Phi) is 4.51. The Morgan fingerprint density at radius 1 is 1.33 bits per heavy atom. The fraction of sp³-hybridized carbons (Fsp3) is 0.812. The van der Waals surface area contributed by atoms with Gasteiger partial charge < -0.3 is 9.26 Å². The summed E-state index contributed by atoms with van der Waals surface area (Å²) in [5.74, 6) is 0.764. The Hall–Kier alpha value is -1.23. The second kappa shape index (κ2) is 5.87. The molecule has 1 aliphatic carbocycles. The van der Waals surface area contributed by atoms with Crippen LogP contribution in [0.25, 0.3) is 0 Å². The number of hydrogen-bond acceptors (Lipinski definition) is 5. The lowest BCUT2D eigenvalue weighted by atomic mass is 9.70. The van der Waals surface area contributed by atoms with Crippen molar-refractivity contribution in [1.82, 2.24) is 10.1 Å². The van der Waals surface area contributed by atoms with Gasteiger partial charge in [-0.05, 0) is 44.4 Å². The van der Waals surface area contributed by atoms with Crippen molar-refractivity contribution in [3.8, 4) is 0 Å². The van der Waals surface area contributed by atoms with Gasteiger partial charge in [0.25, 0.3) is 0 Å². The van der Waals surface area contributed by atoms with E-state index in [2.05, 4.69) is 24.0 Å². The Balaban J connectivity index is 2.24. The number of nitrogens with zero attached hydrogens (tertiary/aromatic N) is 2. The van der Waals surface area contributed by atoms with Gasteiger partial charge in [0.05, 0.1) is 5.92 Å². The van der Waals surface area contributed by atoms with Crippen LogP contribution in [0.5, 0.6) is 0 Å². The molecule has 0 aliphatic heterocycles. The van der Waals surface area contributed by atoms with Crippen LogP contribution in [-0.2, 0) is 15.1 Å². The van der Waals surface area contributed by atoms with Gasteiger partial charge in [-0.1, -0.05) is 25.9 Å². The normalized spacial score (nSPS) is 22.0. The van der Waals surface area contributed by atoms with E-state index < -0.39 is 5.60 Å². The predicted molar refractivity (Wildman–Crippen MR) is 78.9 cm³/mol. The molecule has 1 aliphatic rings. The van der Waals surface area contributed by atoms with Crippen LogP contribution >= 0.6 is 0 Å². The third-order valence-corrected chi connectivity index (χ3v) is 4.85. The number of carbonyl (C=O) groups excluding carboxylic acids is 1. The van der Waals surface area contributed by atoms with Gasteiger partial charge in [-0.15, -0.1) is 0 Å². The van der Waals surface area contributed by atoms with Gasteiger partial charge in [0.15, 0.2) is 0 Å². The minimum Gasteiger partial charge on any atom is -0.370 e. The first-order valence-electron chi connectivity index (χ1n) is 7.73. The van der Waals surface area contributed by atoms with E-state index in [-0.39, 0.29) is 11.7 Å². The van der Waals surface area contributed by atoms with Crippen LogP contribution in [0.4, 0.5) is 0 Å². The predicted octanol–water partition coefficient (Wildman–Crippen LogP) is 3.59. The largest absolute Gasteiger partial charge is 0.370 e. The second-order valence-electron chi connectivity index (χ2n) is 6.89. The molecule has 0 N–H and O–H groups in total. The first-order valence-corrected chi connectivity index (χ1v) is 7.73. The summed E-state index contributed by atoms with van der Waals surface area (Å²) in [7, 11) is 1.70. The van der Waals surface area contributed by atoms with Crippen LogP contribution < -0.4 is 0 Å². The summed E-state index contributed by atoms with van der Waals surface area (Å²) in [6.45, 7) is 8.06. The minimum atomic E-state index is -0.466. The molecule has 21 heavy (non-hydrogen) atoms. The highest BCUT2D eigenvalue weighted by atomic mass is 16.5. The molecule has 1 unspecified atom stereocenters. The zero-order valence-corrected chi connectivity index (χ0v) is 13.7. The van der Waals surface area contributed by atoms with Gasteiger partial charge in [0.2, 0.25) is 11.7 Å². The standard InChI is InChI=1S/C16H26N2O3/c1-6-12(11(2)19)13-17-14(18-21-13)16(20-5)9-7-15(3,4)8-10-16/h12H,6-10H2,1-5H3. The Morgan fingerprint density at radius 2 is 1.95 bits per heavy atom. The number of carbonyl (C=O) groups is 1. The molecule has 0 spiro atoms. The monoisotopic (exact) mass is 294 g/mol. The van der Waals surface area contributed by atoms with Crippen LogP contribution in [0.3, 0.4) is 0 Å². The van der Waals surface area contributed by atoms with Crippen molar-refractivity contribution in [2.24, 2.45) is 5.41 Å². The second-order valence-corrected chi connectivity index (χ2v) is 6.89. The number of rotatable bonds is 5. The molecule has 0 bridgehead atoms. The summed E-state index contributed by atoms with van der Waals surface area (Å²) in [5, 5.41) is 4.12. The topological polar surface area (TPSA) is 65.2 Å². The van der Waals surface area contributed by atoms with Crippen LogP contribution in [0.1, 0.15) is 77.4 Å². The quantitative estimate of drug-likeness (QED) is 0.830. The molecule has 5 heteroatoms. The average molecular weight is 294 g/mol. The van der Waals surface area contributed by atoms with Crippen molar-refractivity contribution in [2.75, 3.05) is 7.11 Å². The molecule has 0 aromatic carbocycles. The van der Waals surface area contributed by atoms with Crippen LogP contribution in [0.2, 0.25) is 0 Å². The maximum absolute atomic E-state index is 11.6. The summed E-state index contributed by atoms with van der Waals surface area (Å²) < 4.78 is 11.1. The SMILES string of the molecule is CCC(C(C)=O)c1nc(C2(OC)CCC(C)(C)CC2)no1. The molecule has 1 fully saturated rings. The van der Waals surface area contributed by atoms with E-state index in [1.54, 1.807) is 14.0 Å². The lowest BCUT2D eigenvalue weighted by Crippen LogP contribution is -2.37. The zero-order valence-electron chi connectivity index (χ0n) is 13.7. The van der Waals surface area contributed by atoms with E-state index in [0.29, 0.717) is 23.6 Å². The average Bonchev–Trinajstić information content (AvgIpc) is 2.90. The molecule has 1 aromatic rings. The van der Waals surface area contributed by atoms with Crippen molar-refractivity contribution in [3.05, 3.63) is 11.7 Å². The lowest BCUT2D eigenvalue weighted by Gasteiger charge is -2.40. The molecule has 0 amide bonds. The summed E-state index contributed by atoms with van der Waals surface area (Å²) in [6.07, 6.45) is 4.56. The van der Waals surface area contributed by atoms with E-state index in [4.69, 9.17) is 9.26 Å². The molecule has 5 nitrogen and oxygen atoms in total. The Bertz CT molecular complexity index is 497. The molecule has 118 valence electrons. The van der Waals surface area contributed by atoms with Gasteiger partial charge in [-0.25, -0.2) is 0 Å². The van der Waals surface area contributed by atoms with E-state index in [9.17, 15) is 4.79 Å². The third-order valence-electron chi connectivity index (χ3n) is 4.85. The van der Waals surface area contributed by atoms with Gasteiger partial charge in [0.1, 0.15) is 11.4 Å². The van der Waals surface area contributed by atoms with Crippen molar-refractivity contribution in [2.45, 2.75) is 71.3 Å². The molecular formula is C16H26N2O3. The van der Waals surface area contributed by atoms with E-state index >= 15 is 0 Å². The van der Waals surface area contributed by atoms with Crippen molar-refractivity contribution in [3.63, 3.8) is 0 Å². The third kappa shape index (κ3) is 3.18. The molecule has 1 saturated carbocycles. The zero-order chi connectivity index (χ0) is 15.7.